The molecule has 1 heterocycles. The fourth-order valence-corrected chi connectivity index (χ4v) is 3.47. The van der Waals surface area contributed by atoms with Crippen molar-refractivity contribution in [2.24, 2.45) is 5.92 Å². The van der Waals surface area contributed by atoms with Crippen molar-refractivity contribution in [3.8, 4) is 0 Å². The van der Waals surface area contributed by atoms with Gasteiger partial charge in [0.2, 0.25) is 0 Å². The lowest BCUT2D eigenvalue weighted by Crippen LogP contribution is -2.53. The lowest BCUT2D eigenvalue weighted by Gasteiger charge is -2.43. The quantitative estimate of drug-likeness (QED) is 0.871. The summed E-state index contributed by atoms with van der Waals surface area (Å²) in [4.78, 5) is 2.62. The molecule has 3 atom stereocenters. The minimum absolute atomic E-state index is 0.363. The van der Waals surface area contributed by atoms with Crippen molar-refractivity contribution in [2.45, 2.75) is 45.4 Å². The SMILES string of the molecule is CCC1CN(C(C(C)C)C(NC)c2ccccc2)CCO1. The molecule has 0 spiro atoms. The van der Waals surface area contributed by atoms with Crippen LogP contribution in [0.5, 0.6) is 0 Å². The van der Waals surface area contributed by atoms with Crippen LogP contribution in [0.4, 0.5) is 0 Å². The van der Waals surface area contributed by atoms with E-state index in [-0.39, 0.29) is 0 Å². The second-order valence-electron chi connectivity index (χ2n) is 6.31. The molecule has 0 aliphatic carbocycles. The van der Waals surface area contributed by atoms with Gasteiger partial charge in [-0.1, -0.05) is 51.1 Å². The van der Waals surface area contributed by atoms with Crippen molar-refractivity contribution in [3.05, 3.63) is 35.9 Å². The van der Waals surface area contributed by atoms with Crippen molar-refractivity contribution >= 4 is 0 Å². The molecule has 1 aromatic rings. The van der Waals surface area contributed by atoms with Crippen LogP contribution in [0.2, 0.25) is 0 Å². The Morgan fingerprint density at radius 3 is 2.57 bits per heavy atom. The fourth-order valence-electron chi connectivity index (χ4n) is 3.47. The third-order valence-corrected chi connectivity index (χ3v) is 4.54. The highest BCUT2D eigenvalue weighted by Gasteiger charge is 2.33. The Morgan fingerprint density at radius 2 is 2.00 bits per heavy atom. The van der Waals surface area contributed by atoms with Gasteiger partial charge in [-0.05, 0) is 24.9 Å². The monoisotopic (exact) mass is 290 g/mol. The maximum atomic E-state index is 5.84. The molecule has 0 saturated carbocycles. The van der Waals surface area contributed by atoms with E-state index in [1.807, 2.05) is 0 Å². The van der Waals surface area contributed by atoms with Gasteiger partial charge in [0.1, 0.15) is 0 Å². The number of likely N-dealkylation sites (N-methyl/N-ethyl adjacent to an activating group) is 1. The van der Waals surface area contributed by atoms with Gasteiger partial charge in [-0.3, -0.25) is 4.90 Å². The Morgan fingerprint density at radius 1 is 1.29 bits per heavy atom. The summed E-state index contributed by atoms with van der Waals surface area (Å²) < 4.78 is 5.84. The topological polar surface area (TPSA) is 24.5 Å². The standard InChI is InChI=1S/C18H30N2O/c1-5-16-13-20(11-12-21-16)18(14(2)3)17(19-4)15-9-7-6-8-10-15/h6-10,14,16-19H,5,11-13H2,1-4H3. The van der Waals surface area contributed by atoms with Crippen molar-refractivity contribution in [1.29, 1.82) is 0 Å². The molecule has 0 amide bonds. The maximum absolute atomic E-state index is 5.84. The Balaban J connectivity index is 2.20. The van der Waals surface area contributed by atoms with Gasteiger partial charge < -0.3 is 10.1 Å². The van der Waals surface area contributed by atoms with Crippen LogP contribution < -0.4 is 5.32 Å². The molecule has 1 saturated heterocycles. The first kappa shape index (κ1) is 16.5. The Hall–Kier alpha value is -0.900. The van der Waals surface area contributed by atoms with E-state index in [2.05, 4.69) is 68.4 Å². The molecule has 21 heavy (non-hydrogen) atoms. The minimum Gasteiger partial charge on any atom is -0.376 e. The van der Waals surface area contributed by atoms with E-state index in [0.29, 0.717) is 24.1 Å². The predicted molar refractivity (Wildman–Crippen MR) is 88.5 cm³/mol. The van der Waals surface area contributed by atoms with Crippen molar-refractivity contribution in [3.63, 3.8) is 0 Å². The summed E-state index contributed by atoms with van der Waals surface area (Å²) in [5.74, 6) is 0.596. The number of nitrogens with one attached hydrogen (secondary N) is 1. The summed E-state index contributed by atoms with van der Waals surface area (Å²) in [6, 6.07) is 11.7. The first-order chi connectivity index (χ1) is 10.2. The van der Waals surface area contributed by atoms with Gasteiger partial charge >= 0.3 is 0 Å². The van der Waals surface area contributed by atoms with Gasteiger partial charge in [-0.15, -0.1) is 0 Å². The van der Waals surface area contributed by atoms with Crippen LogP contribution in [-0.2, 0) is 4.74 Å². The van der Waals surface area contributed by atoms with Crippen LogP contribution in [0, 0.1) is 5.92 Å². The highest BCUT2D eigenvalue weighted by molar-refractivity contribution is 5.21. The van der Waals surface area contributed by atoms with E-state index in [1.54, 1.807) is 0 Å². The third-order valence-electron chi connectivity index (χ3n) is 4.54. The first-order valence-corrected chi connectivity index (χ1v) is 8.25. The number of nitrogens with zero attached hydrogens (tertiary/aromatic N) is 1. The molecule has 3 heteroatoms. The lowest BCUT2D eigenvalue weighted by molar-refractivity contribution is -0.0569. The third kappa shape index (κ3) is 4.06. The van der Waals surface area contributed by atoms with E-state index in [0.717, 1.165) is 26.1 Å². The van der Waals surface area contributed by atoms with Crippen LogP contribution in [0.25, 0.3) is 0 Å². The molecular formula is C18H30N2O. The number of ether oxygens (including phenoxy) is 1. The molecule has 1 N–H and O–H groups in total. The molecular weight excluding hydrogens is 260 g/mol. The summed E-state index contributed by atoms with van der Waals surface area (Å²) in [6.45, 7) is 9.80. The summed E-state index contributed by atoms with van der Waals surface area (Å²) in [6.07, 6.45) is 1.48. The van der Waals surface area contributed by atoms with E-state index in [1.165, 1.54) is 5.56 Å². The van der Waals surface area contributed by atoms with Gasteiger partial charge in [0.25, 0.3) is 0 Å². The predicted octanol–water partition coefficient (Wildman–Crippen LogP) is 3.08. The largest absolute Gasteiger partial charge is 0.376 e. The van der Waals surface area contributed by atoms with Crippen molar-refractivity contribution in [1.82, 2.24) is 10.2 Å². The Kier molecular flexibility index (Phi) is 6.22. The Bertz CT molecular complexity index is 407. The number of benzene rings is 1. The molecule has 1 fully saturated rings. The summed E-state index contributed by atoms with van der Waals surface area (Å²) in [5, 5.41) is 3.55. The molecule has 1 aromatic carbocycles. The Labute approximate surface area is 129 Å². The second kappa shape index (κ2) is 7.92. The normalized spacial score (nSPS) is 23.2. The average molecular weight is 290 g/mol. The second-order valence-corrected chi connectivity index (χ2v) is 6.31. The molecule has 0 aromatic heterocycles. The average Bonchev–Trinajstić information content (AvgIpc) is 2.53. The number of rotatable bonds is 6. The smallest absolute Gasteiger partial charge is 0.0700 e. The number of morpholine rings is 1. The van der Waals surface area contributed by atoms with E-state index in [4.69, 9.17) is 4.74 Å². The molecule has 3 nitrogen and oxygen atoms in total. The summed E-state index contributed by atoms with van der Waals surface area (Å²) in [7, 11) is 2.07. The summed E-state index contributed by atoms with van der Waals surface area (Å²) in [5.41, 5.74) is 1.37. The molecule has 1 aliphatic heterocycles. The zero-order valence-electron chi connectivity index (χ0n) is 13.9. The zero-order valence-corrected chi connectivity index (χ0v) is 13.9. The van der Waals surface area contributed by atoms with E-state index in [9.17, 15) is 0 Å². The molecule has 0 bridgehead atoms. The van der Waals surface area contributed by atoms with Gasteiger partial charge in [-0.2, -0.15) is 0 Å². The van der Waals surface area contributed by atoms with Gasteiger partial charge in [-0.25, -0.2) is 0 Å². The molecule has 118 valence electrons. The molecule has 2 rings (SSSR count). The van der Waals surface area contributed by atoms with Crippen LogP contribution in [0.3, 0.4) is 0 Å². The van der Waals surface area contributed by atoms with Crippen LogP contribution >= 0.6 is 0 Å². The molecule has 1 aliphatic rings. The maximum Gasteiger partial charge on any atom is 0.0700 e. The van der Waals surface area contributed by atoms with Crippen LogP contribution in [-0.4, -0.2) is 43.8 Å². The van der Waals surface area contributed by atoms with Crippen molar-refractivity contribution in [2.75, 3.05) is 26.7 Å². The van der Waals surface area contributed by atoms with Gasteiger partial charge in [0, 0.05) is 25.2 Å². The fraction of sp³-hybridized carbons (Fsp3) is 0.667. The van der Waals surface area contributed by atoms with Gasteiger partial charge in [0.15, 0.2) is 0 Å². The summed E-state index contributed by atoms with van der Waals surface area (Å²) >= 11 is 0. The van der Waals surface area contributed by atoms with Crippen LogP contribution in [0.15, 0.2) is 30.3 Å². The van der Waals surface area contributed by atoms with Crippen LogP contribution in [0.1, 0.15) is 38.8 Å². The van der Waals surface area contributed by atoms with E-state index < -0.39 is 0 Å². The highest BCUT2D eigenvalue weighted by Crippen LogP contribution is 2.28. The van der Waals surface area contributed by atoms with Crippen molar-refractivity contribution < 1.29 is 4.74 Å². The zero-order chi connectivity index (χ0) is 15.2. The molecule has 3 unspecified atom stereocenters. The van der Waals surface area contributed by atoms with E-state index >= 15 is 0 Å². The lowest BCUT2D eigenvalue weighted by atomic mass is 9.89. The highest BCUT2D eigenvalue weighted by atomic mass is 16.5. The van der Waals surface area contributed by atoms with Gasteiger partial charge in [0.05, 0.1) is 12.7 Å². The minimum atomic E-state index is 0.363. The number of hydrogen-bond acceptors (Lipinski definition) is 3. The first-order valence-electron chi connectivity index (χ1n) is 8.25. The number of hydrogen-bond donors (Lipinski definition) is 1. The molecule has 0 radical (unpaired) electrons.